The number of hydrogen-bond donors (Lipinski definition) is 0. The molecular weight excluding hydrogens is 248 g/mol. The van der Waals surface area contributed by atoms with Crippen LogP contribution in [0.2, 0.25) is 0 Å². The van der Waals surface area contributed by atoms with Crippen molar-refractivity contribution in [2.45, 2.75) is 56.8 Å². The Balaban J connectivity index is 1.81. The highest BCUT2D eigenvalue weighted by Crippen LogP contribution is 2.56. The van der Waals surface area contributed by atoms with E-state index in [-0.39, 0.29) is 11.4 Å². The molecule has 0 radical (unpaired) electrons. The average Bonchev–Trinajstić information content (AvgIpc) is 2.79. The Morgan fingerprint density at radius 1 is 1.05 bits per heavy atom. The topological polar surface area (TPSA) is 26.3 Å². The van der Waals surface area contributed by atoms with Crippen molar-refractivity contribution in [2.75, 3.05) is 7.11 Å². The van der Waals surface area contributed by atoms with E-state index in [2.05, 4.69) is 30.3 Å². The Hall–Kier alpha value is -1.31. The molecule has 3 aliphatic rings. The SMILES string of the molecule is COC(=O)CC12CCCC(c3ccccc3)(CC1)CC2. The van der Waals surface area contributed by atoms with Gasteiger partial charge in [-0.1, -0.05) is 36.8 Å². The lowest BCUT2D eigenvalue weighted by Gasteiger charge is -2.43. The van der Waals surface area contributed by atoms with Gasteiger partial charge < -0.3 is 4.74 Å². The molecule has 0 aromatic heterocycles. The lowest BCUT2D eigenvalue weighted by molar-refractivity contribution is -0.144. The standard InChI is InChI=1S/C18H24O2/c1-20-16(19)14-17-8-5-9-18(12-10-17,13-11-17)15-6-3-2-4-7-15/h2-4,6-7H,5,8-14H2,1H3. The summed E-state index contributed by atoms with van der Waals surface area (Å²) in [5, 5.41) is 0. The van der Waals surface area contributed by atoms with E-state index < -0.39 is 0 Å². The number of benzene rings is 1. The zero-order valence-electron chi connectivity index (χ0n) is 12.4. The number of hydrogen-bond acceptors (Lipinski definition) is 2. The monoisotopic (exact) mass is 272 g/mol. The van der Waals surface area contributed by atoms with Crippen LogP contribution in [0.25, 0.3) is 0 Å². The number of ether oxygens (including phenoxy) is 1. The van der Waals surface area contributed by atoms with Crippen molar-refractivity contribution in [3.8, 4) is 0 Å². The highest BCUT2D eigenvalue weighted by molar-refractivity contribution is 5.70. The molecule has 20 heavy (non-hydrogen) atoms. The normalized spacial score (nSPS) is 32.6. The molecule has 0 amide bonds. The summed E-state index contributed by atoms with van der Waals surface area (Å²) in [6.45, 7) is 0. The summed E-state index contributed by atoms with van der Waals surface area (Å²) in [5.41, 5.74) is 2.10. The molecule has 3 fully saturated rings. The minimum Gasteiger partial charge on any atom is -0.469 e. The maximum Gasteiger partial charge on any atom is 0.306 e. The Kier molecular flexibility index (Phi) is 3.57. The largest absolute Gasteiger partial charge is 0.469 e. The third-order valence-electron chi connectivity index (χ3n) is 5.76. The first-order valence-electron chi connectivity index (χ1n) is 7.81. The number of carbonyl (C=O) groups is 1. The molecular formula is C18H24O2. The molecule has 3 aliphatic carbocycles. The molecule has 0 saturated heterocycles. The molecule has 4 rings (SSSR count). The predicted octanol–water partition coefficient (Wildman–Crippen LogP) is 4.23. The molecule has 0 spiro atoms. The zero-order chi connectivity index (χ0) is 14.1. The van der Waals surface area contributed by atoms with Crippen molar-refractivity contribution in [3.05, 3.63) is 35.9 Å². The Morgan fingerprint density at radius 2 is 1.75 bits per heavy atom. The quantitative estimate of drug-likeness (QED) is 0.770. The number of esters is 1. The van der Waals surface area contributed by atoms with Gasteiger partial charge in [0.05, 0.1) is 13.5 Å². The molecule has 0 unspecified atom stereocenters. The van der Waals surface area contributed by atoms with Crippen LogP contribution in [0, 0.1) is 5.41 Å². The van der Waals surface area contributed by atoms with Gasteiger partial charge in [0.15, 0.2) is 0 Å². The molecule has 1 aromatic rings. The van der Waals surface area contributed by atoms with Crippen LogP contribution in [-0.2, 0) is 14.9 Å². The number of carbonyl (C=O) groups excluding carboxylic acids is 1. The van der Waals surface area contributed by atoms with E-state index in [9.17, 15) is 4.79 Å². The smallest absolute Gasteiger partial charge is 0.306 e. The summed E-state index contributed by atoms with van der Waals surface area (Å²) in [7, 11) is 1.51. The van der Waals surface area contributed by atoms with Crippen LogP contribution in [0.4, 0.5) is 0 Å². The summed E-state index contributed by atoms with van der Waals surface area (Å²) in [6.07, 6.45) is 9.15. The van der Waals surface area contributed by atoms with E-state index in [1.54, 1.807) is 0 Å². The predicted molar refractivity (Wildman–Crippen MR) is 79.5 cm³/mol. The maximum atomic E-state index is 11.7. The first kappa shape index (κ1) is 13.7. The minimum atomic E-state index is -0.0286. The van der Waals surface area contributed by atoms with Gasteiger partial charge in [-0.15, -0.1) is 0 Å². The fourth-order valence-electron chi connectivity index (χ4n) is 4.43. The van der Waals surface area contributed by atoms with Crippen molar-refractivity contribution in [2.24, 2.45) is 5.41 Å². The van der Waals surface area contributed by atoms with Crippen molar-refractivity contribution >= 4 is 5.97 Å². The van der Waals surface area contributed by atoms with Crippen LogP contribution >= 0.6 is 0 Å². The first-order chi connectivity index (χ1) is 9.68. The van der Waals surface area contributed by atoms with E-state index in [4.69, 9.17) is 4.74 Å². The average molecular weight is 272 g/mol. The fraction of sp³-hybridized carbons (Fsp3) is 0.611. The van der Waals surface area contributed by atoms with E-state index in [0.29, 0.717) is 11.8 Å². The summed E-state index contributed by atoms with van der Waals surface area (Å²) < 4.78 is 4.91. The van der Waals surface area contributed by atoms with Crippen LogP contribution in [-0.4, -0.2) is 13.1 Å². The molecule has 2 bridgehead atoms. The number of rotatable bonds is 3. The summed E-state index contributed by atoms with van der Waals surface area (Å²) in [5.74, 6) is -0.0286. The number of methoxy groups -OCH3 is 1. The van der Waals surface area contributed by atoms with E-state index >= 15 is 0 Å². The lowest BCUT2D eigenvalue weighted by Crippen LogP contribution is -2.35. The van der Waals surface area contributed by atoms with E-state index in [1.165, 1.54) is 57.6 Å². The molecule has 1 aromatic carbocycles. The van der Waals surface area contributed by atoms with Crippen LogP contribution in [0.5, 0.6) is 0 Å². The van der Waals surface area contributed by atoms with Crippen molar-refractivity contribution in [1.82, 2.24) is 0 Å². The molecule has 2 heteroatoms. The van der Waals surface area contributed by atoms with Crippen LogP contribution in [0.3, 0.4) is 0 Å². The summed E-state index contributed by atoms with van der Waals surface area (Å²) in [6, 6.07) is 11.0. The van der Waals surface area contributed by atoms with Gasteiger partial charge in [-0.05, 0) is 54.9 Å². The second-order valence-electron chi connectivity index (χ2n) is 6.75. The molecule has 0 aliphatic heterocycles. The van der Waals surface area contributed by atoms with Crippen molar-refractivity contribution in [1.29, 1.82) is 0 Å². The van der Waals surface area contributed by atoms with Gasteiger partial charge in [0, 0.05) is 0 Å². The van der Waals surface area contributed by atoms with Gasteiger partial charge >= 0.3 is 5.97 Å². The molecule has 0 N–H and O–H groups in total. The Morgan fingerprint density at radius 3 is 2.40 bits per heavy atom. The lowest BCUT2D eigenvalue weighted by atomic mass is 9.62. The Labute approximate surface area is 121 Å². The molecule has 108 valence electrons. The first-order valence-corrected chi connectivity index (χ1v) is 7.81. The molecule has 2 nitrogen and oxygen atoms in total. The van der Waals surface area contributed by atoms with Crippen LogP contribution in [0.15, 0.2) is 30.3 Å². The number of fused-ring (bicyclic) bond motifs is 4. The molecule has 3 saturated carbocycles. The van der Waals surface area contributed by atoms with Crippen molar-refractivity contribution < 1.29 is 9.53 Å². The van der Waals surface area contributed by atoms with Crippen molar-refractivity contribution in [3.63, 3.8) is 0 Å². The van der Waals surface area contributed by atoms with Crippen LogP contribution < -0.4 is 0 Å². The third-order valence-corrected chi connectivity index (χ3v) is 5.76. The van der Waals surface area contributed by atoms with Gasteiger partial charge in [-0.3, -0.25) is 4.79 Å². The highest BCUT2D eigenvalue weighted by Gasteiger charge is 2.47. The minimum absolute atomic E-state index is 0.0286. The second-order valence-corrected chi connectivity index (χ2v) is 6.75. The van der Waals surface area contributed by atoms with E-state index in [1.807, 2.05) is 0 Å². The molecule has 0 heterocycles. The Bertz CT molecular complexity index is 469. The third kappa shape index (κ3) is 2.36. The molecule has 0 atom stereocenters. The maximum absolute atomic E-state index is 11.7. The summed E-state index contributed by atoms with van der Waals surface area (Å²) >= 11 is 0. The second kappa shape index (κ2) is 5.23. The summed E-state index contributed by atoms with van der Waals surface area (Å²) in [4.78, 5) is 11.7. The zero-order valence-corrected chi connectivity index (χ0v) is 12.4. The van der Waals surface area contributed by atoms with Crippen LogP contribution in [0.1, 0.15) is 56.9 Å². The van der Waals surface area contributed by atoms with Gasteiger partial charge in [-0.2, -0.15) is 0 Å². The van der Waals surface area contributed by atoms with Gasteiger partial charge in [0.25, 0.3) is 0 Å². The fourth-order valence-corrected chi connectivity index (χ4v) is 4.43. The van der Waals surface area contributed by atoms with Gasteiger partial charge in [-0.25, -0.2) is 0 Å². The van der Waals surface area contributed by atoms with E-state index in [0.717, 1.165) is 0 Å². The van der Waals surface area contributed by atoms with Gasteiger partial charge in [0.1, 0.15) is 0 Å². The highest BCUT2D eigenvalue weighted by atomic mass is 16.5. The van der Waals surface area contributed by atoms with Gasteiger partial charge in [0.2, 0.25) is 0 Å².